The van der Waals surface area contributed by atoms with Gasteiger partial charge in [0.2, 0.25) is 0 Å². The van der Waals surface area contributed by atoms with Gasteiger partial charge in [0.1, 0.15) is 5.75 Å². The number of ether oxygens (including phenoxy) is 1. The van der Waals surface area contributed by atoms with Crippen LogP contribution in [0.15, 0.2) is 41.5 Å². The van der Waals surface area contributed by atoms with Gasteiger partial charge in [0.15, 0.2) is 6.61 Å². The lowest BCUT2D eigenvalue weighted by Crippen LogP contribution is -2.24. The molecule has 0 radical (unpaired) electrons. The average Bonchev–Trinajstić information content (AvgIpc) is 2.62. The first kappa shape index (κ1) is 20.7. The maximum atomic E-state index is 11.9. The number of carbonyl (C=O) groups is 1. The fourth-order valence-corrected chi connectivity index (χ4v) is 3.24. The number of hydrogen-bond acceptors (Lipinski definition) is 3. The van der Waals surface area contributed by atoms with Gasteiger partial charge in [-0.15, -0.1) is 0 Å². The summed E-state index contributed by atoms with van der Waals surface area (Å²) in [5, 5.41) is 4.06. The number of nitrogens with zero attached hydrogens (tertiary/aromatic N) is 1. The smallest absolute Gasteiger partial charge is 0.277 e. The molecule has 0 aliphatic heterocycles. The molecule has 0 bridgehead atoms. The molecule has 0 heterocycles. The third kappa shape index (κ3) is 6.24. The van der Waals surface area contributed by atoms with E-state index in [-0.39, 0.29) is 12.5 Å². The molecule has 4 nitrogen and oxygen atoms in total. The van der Waals surface area contributed by atoms with Crippen LogP contribution in [0.25, 0.3) is 0 Å². The first-order chi connectivity index (χ1) is 12.9. The topological polar surface area (TPSA) is 50.7 Å². The molecule has 0 aliphatic carbocycles. The van der Waals surface area contributed by atoms with Crippen LogP contribution in [-0.2, 0) is 4.79 Å². The van der Waals surface area contributed by atoms with E-state index in [0.29, 0.717) is 11.7 Å². The summed E-state index contributed by atoms with van der Waals surface area (Å²) < 4.78 is 5.54. The third-order valence-electron chi connectivity index (χ3n) is 4.66. The molecular weight excluding hydrogens is 336 g/mol. The molecule has 4 heteroatoms. The van der Waals surface area contributed by atoms with E-state index in [9.17, 15) is 4.79 Å². The molecule has 0 spiro atoms. The standard InChI is InChI=1S/C23H30N2O2/c1-6-7-17(3)20-8-10-21(11-9-20)27-15-23(26)25-24-14-22-18(4)12-16(2)13-19(22)5/h8-14,17H,6-7,15H2,1-5H3,(H,25,26)/b24-14-/t17-/m1/s1. The summed E-state index contributed by atoms with van der Waals surface area (Å²) in [6.07, 6.45) is 4.02. The van der Waals surface area contributed by atoms with Crippen LogP contribution in [0, 0.1) is 20.8 Å². The number of hydrogen-bond donors (Lipinski definition) is 1. The number of nitrogens with one attached hydrogen (secondary N) is 1. The van der Waals surface area contributed by atoms with Gasteiger partial charge in [0.05, 0.1) is 6.21 Å². The van der Waals surface area contributed by atoms with E-state index in [4.69, 9.17) is 4.74 Å². The molecule has 1 N–H and O–H groups in total. The van der Waals surface area contributed by atoms with Gasteiger partial charge in [-0.25, -0.2) is 5.43 Å². The summed E-state index contributed by atoms with van der Waals surface area (Å²) in [4.78, 5) is 11.9. The van der Waals surface area contributed by atoms with Crippen LogP contribution in [0.5, 0.6) is 5.75 Å². The van der Waals surface area contributed by atoms with Crippen LogP contribution in [0.4, 0.5) is 0 Å². The predicted octanol–water partition coefficient (Wildman–Crippen LogP) is 5.04. The number of benzene rings is 2. The monoisotopic (exact) mass is 366 g/mol. The molecule has 0 saturated carbocycles. The van der Waals surface area contributed by atoms with Gasteiger partial charge in [0.25, 0.3) is 5.91 Å². The predicted molar refractivity (Wildman–Crippen MR) is 112 cm³/mol. The zero-order chi connectivity index (χ0) is 19.8. The second-order valence-electron chi connectivity index (χ2n) is 7.15. The van der Waals surface area contributed by atoms with E-state index in [1.807, 2.05) is 26.0 Å². The highest BCUT2D eigenvalue weighted by molar-refractivity contribution is 5.85. The van der Waals surface area contributed by atoms with Gasteiger partial charge in [-0.05, 0) is 61.9 Å². The van der Waals surface area contributed by atoms with Crippen molar-refractivity contribution in [3.05, 3.63) is 64.2 Å². The summed E-state index contributed by atoms with van der Waals surface area (Å²) in [6.45, 7) is 10.5. The molecule has 0 aliphatic rings. The fraction of sp³-hybridized carbons (Fsp3) is 0.391. The van der Waals surface area contributed by atoms with Crippen LogP contribution in [0.1, 0.15) is 60.4 Å². The number of rotatable bonds is 8. The highest BCUT2D eigenvalue weighted by Gasteiger charge is 2.06. The van der Waals surface area contributed by atoms with Crippen LogP contribution < -0.4 is 10.2 Å². The Bertz CT molecular complexity index is 772. The van der Waals surface area contributed by atoms with Crippen molar-refractivity contribution in [2.45, 2.75) is 53.4 Å². The molecule has 2 aromatic carbocycles. The Hall–Kier alpha value is -2.62. The highest BCUT2D eigenvalue weighted by Crippen LogP contribution is 2.22. The Kier molecular flexibility index (Phi) is 7.59. The Balaban J connectivity index is 1.84. The lowest BCUT2D eigenvalue weighted by Gasteiger charge is -2.11. The van der Waals surface area contributed by atoms with Gasteiger partial charge < -0.3 is 4.74 Å². The lowest BCUT2D eigenvalue weighted by molar-refractivity contribution is -0.123. The van der Waals surface area contributed by atoms with Gasteiger partial charge >= 0.3 is 0 Å². The first-order valence-electron chi connectivity index (χ1n) is 9.53. The molecule has 0 aromatic heterocycles. The molecule has 0 fully saturated rings. The zero-order valence-corrected chi connectivity index (χ0v) is 17.0. The van der Waals surface area contributed by atoms with Crippen molar-refractivity contribution >= 4 is 12.1 Å². The zero-order valence-electron chi connectivity index (χ0n) is 17.0. The van der Waals surface area contributed by atoms with Crippen molar-refractivity contribution in [2.75, 3.05) is 6.61 Å². The van der Waals surface area contributed by atoms with Crippen LogP contribution >= 0.6 is 0 Å². The van der Waals surface area contributed by atoms with Crippen molar-refractivity contribution in [2.24, 2.45) is 5.10 Å². The van der Waals surface area contributed by atoms with Crippen molar-refractivity contribution in [1.82, 2.24) is 5.43 Å². The van der Waals surface area contributed by atoms with E-state index in [1.54, 1.807) is 6.21 Å². The molecular formula is C23H30N2O2. The largest absolute Gasteiger partial charge is 0.484 e. The van der Waals surface area contributed by atoms with Crippen molar-refractivity contribution < 1.29 is 9.53 Å². The van der Waals surface area contributed by atoms with E-state index in [0.717, 1.165) is 16.7 Å². The van der Waals surface area contributed by atoms with Gasteiger partial charge in [-0.2, -0.15) is 5.10 Å². The summed E-state index contributed by atoms with van der Waals surface area (Å²) in [7, 11) is 0. The minimum Gasteiger partial charge on any atom is -0.484 e. The van der Waals surface area contributed by atoms with Gasteiger partial charge in [-0.3, -0.25) is 4.79 Å². The maximum absolute atomic E-state index is 11.9. The second kappa shape index (κ2) is 9.91. The summed E-state index contributed by atoms with van der Waals surface area (Å²) in [5.41, 5.74) is 8.34. The molecule has 1 amide bonds. The van der Waals surface area contributed by atoms with Crippen molar-refractivity contribution in [1.29, 1.82) is 0 Å². The summed E-state index contributed by atoms with van der Waals surface area (Å²) >= 11 is 0. The van der Waals surface area contributed by atoms with Gasteiger partial charge in [-0.1, -0.05) is 50.1 Å². The average molecular weight is 367 g/mol. The number of aryl methyl sites for hydroxylation is 3. The quantitative estimate of drug-likeness (QED) is 0.525. The first-order valence-corrected chi connectivity index (χ1v) is 9.53. The minimum atomic E-state index is -0.280. The van der Waals surface area contributed by atoms with Crippen molar-refractivity contribution in [3.8, 4) is 5.75 Å². The van der Waals surface area contributed by atoms with Crippen LogP contribution in [-0.4, -0.2) is 18.7 Å². The molecule has 0 saturated heterocycles. The molecule has 0 unspecified atom stereocenters. The maximum Gasteiger partial charge on any atom is 0.277 e. The number of carbonyl (C=O) groups excluding carboxylic acids is 1. The normalized spacial score (nSPS) is 12.2. The number of hydrazone groups is 1. The number of amides is 1. The van der Waals surface area contributed by atoms with Crippen molar-refractivity contribution in [3.63, 3.8) is 0 Å². The third-order valence-corrected chi connectivity index (χ3v) is 4.66. The Morgan fingerprint density at radius 2 is 1.78 bits per heavy atom. The van der Waals surface area contributed by atoms with E-state index < -0.39 is 0 Å². The summed E-state index contributed by atoms with van der Waals surface area (Å²) in [6, 6.07) is 12.2. The molecule has 27 heavy (non-hydrogen) atoms. The van der Waals surface area contributed by atoms with Crippen LogP contribution in [0.2, 0.25) is 0 Å². The lowest BCUT2D eigenvalue weighted by atomic mass is 9.97. The highest BCUT2D eigenvalue weighted by atomic mass is 16.5. The Labute approximate surface area is 162 Å². The molecule has 2 aromatic rings. The van der Waals surface area contributed by atoms with E-state index in [1.165, 1.54) is 24.0 Å². The fourth-order valence-electron chi connectivity index (χ4n) is 3.24. The minimum absolute atomic E-state index is 0.0624. The Morgan fingerprint density at radius 1 is 1.15 bits per heavy atom. The van der Waals surface area contributed by atoms with E-state index >= 15 is 0 Å². The Morgan fingerprint density at radius 3 is 2.37 bits per heavy atom. The van der Waals surface area contributed by atoms with Crippen LogP contribution in [0.3, 0.4) is 0 Å². The molecule has 2 rings (SSSR count). The molecule has 144 valence electrons. The molecule has 1 atom stereocenters. The second-order valence-corrected chi connectivity index (χ2v) is 7.15. The summed E-state index contributed by atoms with van der Waals surface area (Å²) in [5.74, 6) is 0.944. The SMILES string of the molecule is CCC[C@@H](C)c1ccc(OCC(=O)N/N=C\c2c(C)cc(C)cc2C)cc1. The van der Waals surface area contributed by atoms with E-state index in [2.05, 4.69) is 55.6 Å². The van der Waals surface area contributed by atoms with Gasteiger partial charge in [0, 0.05) is 5.56 Å².